The molecule has 69 valence electrons. The lowest BCUT2D eigenvalue weighted by Gasteiger charge is -2.03. The molecule has 0 atom stereocenters. The second kappa shape index (κ2) is 3.74. The quantitative estimate of drug-likeness (QED) is 0.737. The van der Waals surface area contributed by atoms with Crippen LogP contribution in [0.4, 0.5) is 10.5 Å². The van der Waals surface area contributed by atoms with Crippen molar-refractivity contribution in [1.29, 1.82) is 0 Å². The number of nitrogens with zero attached hydrogens (tertiary/aromatic N) is 2. The van der Waals surface area contributed by atoms with Gasteiger partial charge in [-0.05, 0) is 18.2 Å². The zero-order chi connectivity index (χ0) is 9.80. The van der Waals surface area contributed by atoms with E-state index in [4.69, 9.17) is 0 Å². The molecule has 0 saturated heterocycles. The number of carbonyl (C=O) groups is 1. The van der Waals surface area contributed by atoms with Crippen molar-refractivity contribution in [3.05, 3.63) is 48.8 Å². The van der Waals surface area contributed by atoms with Gasteiger partial charge in [0.05, 0.1) is 0 Å². The van der Waals surface area contributed by atoms with Crippen molar-refractivity contribution in [2.24, 2.45) is 0 Å². The van der Waals surface area contributed by atoms with Crippen molar-refractivity contribution < 1.29 is 4.79 Å². The SMILES string of the molecule is O=C(Nc1ccccc1)n1cc[c]n1. The summed E-state index contributed by atoms with van der Waals surface area (Å²) in [5, 5.41) is 6.38. The number of amides is 1. The number of anilines is 1. The standard InChI is InChI=1S/C10H8N3O/c14-10(13-8-4-7-11-13)12-9-5-2-1-3-6-9/h1-6,8H,(H,12,14). The molecule has 0 aliphatic rings. The van der Waals surface area contributed by atoms with Gasteiger partial charge in [0.15, 0.2) is 0 Å². The summed E-state index contributed by atoms with van der Waals surface area (Å²) in [4.78, 5) is 11.4. The maximum Gasteiger partial charge on any atom is 0.346 e. The lowest BCUT2D eigenvalue weighted by Crippen LogP contribution is -2.19. The fraction of sp³-hybridized carbons (Fsp3) is 0. The van der Waals surface area contributed by atoms with E-state index < -0.39 is 0 Å². The normalized spacial score (nSPS) is 9.71. The van der Waals surface area contributed by atoms with E-state index in [0.29, 0.717) is 0 Å². The molecule has 0 unspecified atom stereocenters. The molecule has 1 aromatic heterocycles. The molecule has 2 rings (SSSR count). The zero-order valence-electron chi connectivity index (χ0n) is 7.34. The van der Waals surface area contributed by atoms with Crippen LogP contribution in [-0.2, 0) is 0 Å². The number of carbonyl (C=O) groups excluding carboxylic acids is 1. The van der Waals surface area contributed by atoms with Crippen molar-refractivity contribution in [3.63, 3.8) is 0 Å². The molecule has 1 radical (unpaired) electrons. The Hall–Kier alpha value is -2.10. The molecule has 4 heteroatoms. The summed E-state index contributed by atoms with van der Waals surface area (Å²) < 4.78 is 1.19. The van der Waals surface area contributed by atoms with Crippen LogP contribution in [0.2, 0.25) is 0 Å². The highest BCUT2D eigenvalue weighted by Crippen LogP contribution is 2.04. The Morgan fingerprint density at radius 2 is 2.14 bits per heavy atom. The topological polar surface area (TPSA) is 46.9 Å². The minimum absolute atomic E-state index is 0.294. The molecule has 14 heavy (non-hydrogen) atoms. The number of hydrogen-bond donors (Lipinski definition) is 1. The molecule has 0 spiro atoms. The van der Waals surface area contributed by atoms with Crippen molar-refractivity contribution >= 4 is 11.7 Å². The van der Waals surface area contributed by atoms with Crippen molar-refractivity contribution in [2.75, 3.05) is 5.32 Å². The molecular formula is C10H8N3O. The number of aromatic nitrogens is 2. The van der Waals surface area contributed by atoms with Crippen LogP contribution < -0.4 is 5.32 Å². The van der Waals surface area contributed by atoms with E-state index >= 15 is 0 Å². The fourth-order valence-corrected chi connectivity index (χ4v) is 1.05. The highest BCUT2D eigenvalue weighted by Gasteiger charge is 2.03. The molecule has 1 amide bonds. The van der Waals surface area contributed by atoms with Gasteiger partial charge in [0.25, 0.3) is 0 Å². The second-order valence-corrected chi connectivity index (χ2v) is 2.69. The average Bonchev–Trinajstić information content (AvgIpc) is 2.72. The van der Waals surface area contributed by atoms with Crippen LogP contribution >= 0.6 is 0 Å². The Morgan fingerprint density at radius 1 is 1.36 bits per heavy atom. The van der Waals surface area contributed by atoms with Crippen LogP contribution in [-0.4, -0.2) is 15.8 Å². The van der Waals surface area contributed by atoms with Gasteiger partial charge >= 0.3 is 6.03 Å². The lowest BCUT2D eigenvalue weighted by molar-refractivity contribution is 0.251. The third-order valence-electron chi connectivity index (χ3n) is 1.69. The minimum atomic E-state index is -0.294. The molecule has 0 bridgehead atoms. The van der Waals surface area contributed by atoms with Crippen LogP contribution in [0.1, 0.15) is 0 Å². The molecular weight excluding hydrogens is 178 g/mol. The third kappa shape index (κ3) is 1.80. The van der Waals surface area contributed by atoms with E-state index in [2.05, 4.69) is 16.6 Å². The van der Waals surface area contributed by atoms with Crippen LogP contribution in [0.15, 0.2) is 42.6 Å². The monoisotopic (exact) mass is 186 g/mol. The first-order valence-electron chi connectivity index (χ1n) is 4.14. The highest BCUT2D eigenvalue weighted by atomic mass is 16.2. The van der Waals surface area contributed by atoms with Gasteiger partial charge in [-0.3, -0.25) is 0 Å². The van der Waals surface area contributed by atoms with Crippen molar-refractivity contribution in [2.45, 2.75) is 0 Å². The van der Waals surface area contributed by atoms with Crippen molar-refractivity contribution in [1.82, 2.24) is 9.78 Å². The number of benzene rings is 1. The maximum absolute atomic E-state index is 11.4. The molecule has 1 N–H and O–H groups in total. The Balaban J connectivity index is 2.10. The first kappa shape index (κ1) is 8.50. The summed E-state index contributed by atoms with van der Waals surface area (Å²) >= 11 is 0. The smallest absolute Gasteiger partial charge is 0.306 e. The number of hydrogen-bond acceptors (Lipinski definition) is 2. The van der Waals surface area contributed by atoms with Gasteiger partial charge in [0.2, 0.25) is 0 Å². The van der Waals surface area contributed by atoms with Gasteiger partial charge in [-0.15, -0.1) is 0 Å². The van der Waals surface area contributed by atoms with Gasteiger partial charge in [-0.1, -0.05) is 18.2 Å². The second-order valence-electron chi connectivity index (χ2n) is 2.69. The predicted molar refractivity (Wildman–Crippen MR) is 51.9 cm³/mol. The predicted octanol–water partition coefficient (Wildman–Crippen LogP) is 1.76. The Labute approximate surface area is 81.2 Å². The summed E-state index contributed by atoms with van der Waals surface area (Å²) in [6.45, 7) is 0. The fourth-order valence-electron chi connectivity index (χ4n) is 1.05. The first-order valence-corrected chi connectivity index (χ1v) is 4.14. The molecule has 0 fully saturated rings. The molecule has 0 aliphatic heterocycles. The summed E-state index contributed by atoms with van der Waals surface area (Å²) in [6.07, 6.45) is 4.09. The summed E-state index contributed by atoms with van der Waals surface area (Å²) in [5.74, 6) is 0. The summed E-state index contributed by atoms with van der Waals surface area (Å²) in [7, 11) is 0. The molecule has 0 saturated carbocycles. The summed E-state index contributed by atoms with van der Waals surface area (Å²) in [5.41, 5.74) is 0.744. The highest BCUT2D eigenvalue weighted by molar-refractivity contribution is 5.90. The number of rotatable bonds is 1. The van der Waals surface area contributed by atoms with E-state index in [0.717, 1.165) is 5.69 Å². The van der Waals surface area contributed by atoms with E-state index in [-0.39, 0.29) is 6.03 Å². The third-order valence-corrected chi connectivity index (χ3v) is 1.69. The molecule has 0 aliphatic carbocycles. The van der Waals surface area contributed by atoms with E-state index in [1.165, 1.54) is 10.9 Å². The molecule has 1 heterocycles. The summed E-state index contributed by atoms with van der Waals surface area (Å²) in [6, 6.07) is 10.5. The van der Waals surface area contributed by atoms with Gasteiger partial charge in [-0.2, -0.15) is 9.78 Å². The van der Waals surface area contributed by atoms with Crippen LogP contribution in [0.3, 0.4) is 0 Å². The average molecular weight is 186 g/mol. The molecule has 1 aromatic carbocycles. The first-order chi connectivity index (χ1) is 6.86. The van der Waals surface area contributed by atoms with Gasteiger partial charge in [0.1, 0.15) is 6.20 Å². The maximum atomic E-state index is 11.4. The van der Waals surface area contributed by atoms with Gasteiger partial charge < -0.3 is 5.32 Å². The van der Waals surface area contributed by atoms with Crippen LogP contribution in [0.25, 0.3) is 0 Å². The minimum Gasteiger partial charge on any atom is -0.306 e. The lowest BCUT2D eigenvalue weighted by atomic mass is 10.3. The number of nitrogens with one attached hydrogen (secondary N) is 1. The largest absolute Gasteiger partial charge is 0.346 e. The van der Waals surface area contributed by atoms with Crippen LogP contribution in [0, 0.1) is 6.20 Å². The Morgan fingerprint density at radius 3 is 2.79 bits per heavy atom. The number of para-hydroxylation sites is 1. The molecule has 2 aromatic rings. The van der Waals surface area contributed by atoms with Crippen molar-refractivity contribution in [3.8, 4) is 0 Å². The van der Waals surface area contributed by atoms with Gasteiger partial charge in [0, 0.05) is 11.9 Å². The van der Waals surface area contributed by atoms with E-state index in [1.54, 1.807) is 6.07 Å². The zero-order valence-corrected chi connectivity index (χ0v) is 7.34. The Bertz CT molecular complexity index is 408. The van der Waals surface area contributed by atoms with Crippen LogP contribution in [0.5, 0.6) is 0 Å². The Kier molecular flexibility index (Phi) is 2.27. The van der Waals surface area contributed by atoms with E-state index in [9.17, 15) is 4.79 Å². The van der Waals surface area contributed by atoms with E-state index in [1.807, 2.05) is 30.3 Å². The van der Waals surface area contributed by atoms with Gasteiger partial charge in [-0.25, -0.2) is 4.79 Å². The molecule has 4 nitrogen and oxygen atoms in total.